The molecule has 0 bridgehead atoms. The highest BCUT2D eigenvalue weighted by molar-refractivity contribution is 7.17. The zero-order valence-electron chi connectivity index (χ0n) is 18.8. The van der Waals surface area contributed by atoms with E-state index in [0.717, 1.165) is 47.3 Å². The van der Waals surface area contributed by atoms with Crippen molar-refractivity contribution >= 4 is 39.1 Å². The van der Waals surface area contributed by atoms with Crippen LogP contribution in [0.4, 0.5) is 5.00 Å². The SMILES string of the molecule is Cc1ccc2c(=O)cc(C(=O)Nc3sc4c(c3C(=O)NCCc3ccccc3)CCC4)oc2c1. The van der Waals surface area contributed by atoms with Crippen LogP contribution in [0.2, 0.25) is 0 Å². The minimum Gasteiger partial charge on any atom is -0.451 e. The second kappa shape index (κ2) is 9.27. The molecule has 0 spiro atoms. The van der Waals surface area contributed by atoms with E-state index in [4.69, 9.17) is 4.42 Å². The van der Waals surface area contributed by atoms with Crippen molar-refractivity contribution in [1.82, 2.24) is 5.32 Å². The van der Waals surface area contributed by atoms with Gasteiger partial charge in [-0.1, -0.05) is 36.4 Å². The lowest BCUT2D eigenvalue weighted by molar-refractivity contribution is 0.0954. The third-order valence-corrected chi connectivity index (χ3v) is 7.23. The molecule has 172 valence electrons. The molecular formula is C27H24N2O4S. The molecule has 0 saturated carbocycles. The van der Waals surface area contributed by atoms with Gasteiger partial charge >= 0.3 is 0 Å². The molecule has 0 unspecified atom stereocenters. The van der Waals surface area contributed by atoms with E-state index in [9.17, 15) is 14.4 Å². The van der Waals surface area contributed by atoms with Crippen LogP contribution in [0.5, 0.6) is 0 Å². The van der Waals surface area contributed by atoms with Gasteiger partial charge in [-0.05, 0) is 61.4 Å². The van der Waals surface area contributed by atoms with Gasteiger partial charge in [0.2, 0.25) is 0 Å². The molecule has 2 N–H and O–H groups in total. The Bertz CT molecular complexity index is 1450. The first-order valence-electron chi connectivity index (χ1n) is 11.3. The molecule has 0 saturated heterocycles. The monoisotopic (exact) mass is 472 g/mol. The molecule has 0 fully saturated rings. The first kappa shape index (κ1) is 22.1. The number of hydrogen-bond donors (Lipinski definition) is 2. The van der Waals surface area contributed by atoms with Gasteiger partial charge in [0.15, 0.2) is 11.2 Å². The van der Waals surface area contributed by atoms with Crippen molar-refractivity contribution < 1.29 is 14.0 Å². The Morgan fingerprint density at radius 2 is 1.85 bits per heavy atom. The lowest BCUT2D eigenvalue weighted by atomic mass is 10.1. The van der Waals surface area contributed by atoms with Crippen molar-refractivity contribution in [1.29, 1.82) is 0 Å². The first-order valence-corrected chi connectivity index (χ1v) is 12.1. The van der Waals surface area contributed by atoms with Gasteiger partial charge in [0.1, 0.15) is 10.6 Å². The number of rotatable bonds is 6. The number of nitrogens with one attached hydrogen (secondary N) is 2. The zero-order chi connectivity index (χ0) is 23.7. The number of amides is 2. The summed E-state index contributed by atoms with van der Waals surface area (Å²) in [6, 6.07) is 16.4. The van der Waals surface area contributed by atoms with Crippen molar-refractivity contribution in [2.75, 3.05) is 11.9 Å². The van der Waals surface area contributed by atoms with Gasteiger partial charge in [-0.2, -0.15) is 0 Å². The van der Waals surface area contributed by atoms with Crippen molar-refractivity contribution in [3.63, 3.8) is 0 Å². The maximum absolute atomic E-state index is 13.1. The maximum Gasteiger partial charge on any atom is 0.292 e. The summed E-state index contributed by atoms with van der Waals surface area (Å²) in [5.74, 6) is -0.813. The lowest BCUT2D eigenvalue weighted by Gasteiger charge is -2.10. The smallest absolute Gasteiger partial charge is 0.292 e. The summed E-state index contributed by atoms with van der Waals surface area (Å²) >= 11 is 1.43. The molecule has 2 aromatic carbocycles. The summed E-state index contributed by atoms with van der Waals surface area (Å²) in [5.41, 5.74) is 3.70. The second-order valence-corrected chi connectivity index (χ2v) is 9.59. The summed E-state index contributed by atoms with van der Waals surface area (Å²) in [7, 11) is 0. The average Bonchev–Trinajstić information content (AvgIpc) is 3.40. The van der Waals surface area contributed by atoms with Crippen LogP contribution in [0.15, 0.2) is 63.8 Å². The molecule has 2 aromatic heterocycles. The molecule has 2 amide bonds. The Labute approximate surface area is 200 Å². The van der Waals surface area contributed by atoms with Gasteiger partial charge in [0.05, 0.1) is 10.9 Å². The van der Waals surface area contributed by atoms with Crippen LogP contribution < -0.4 is 16.1 Å². The fourth-order valence-corrected chi connectivity index (χ4v) is 5.61. The molecule has 6 nitrogen and oxygen atoms in total. The Balaban J connectivity index is 1.38. The van der Waals surface area contributed by atoms with E-state index >= 15 is 0 Å². The Hall–Kier alpha value is -3.71. The van der Waals surface area contributed by atoms with Crippen LogP contribution in [0.3, 0.4) is 0 Å². The van der Waals surface area contributed by atoms with Gasteiger partial charge in [-0.15, -0.1) is 11.3 Å². The third kappa shape index (κ3) is 4.39. The summed E-state index contributed by atoms with van der Waals surface area (Å²) in [4.78, 5) is 39.8. The lowest BCUT2D eigenvalue weighted by Crippen LogP contribution is -2.27. The highest BCUT2D eigenvalue weighted by atomic mass is 32.1. The van der Waals surface area contributed by atoms with E-state index in [1.165, 1.54) is 17.4 Å². The maximum atomic E-state index is 13.1. The Morgan fingerprint density at radius 1 is 1.03 bits per heavy atom. The molecule has 4 aromatic rings. The van der Waals surface area contributed by atoms with Gasteiger partial charge in [-0.3, -0.25) is 14.4 Å². The molecule has 1 aliphatic rings. The zero-order valence-corrected chi connectivity index (χ0v) is 19.6. The molecule has 1 aliphatic carbocycles. The van der Waals surface area contributed by atoms with E-state index in [-0.39, 0.29) is 17.1 Å². The van der Waals surface area contributed by atoms with E-state index in [1.807, 2.05) is 43.3 Å². The summed E-state index contributed by atoms with van der Waals surface area (Å²) in [5, 5.41) is 6.76. The second-order valence-electron chi connectivity index (χ2n) is 8.48. The average molecular weight is 473 g/mol. The van der Waals surface area contributed by atoms with Gasteiger partial charge in [0, 0.05) is 17.5 Å². The first-order chi connectivity index (χ1) is 16.5. The van der Waals surface area contributed by atoms with Crippen molar-refractivity contribution in [2.24, 2.45) is 0 Å². The third-order valence-electron chi connectivity index (χ3n) is 6.03. The van der Waals surface area contributed by atoms with Crippen LogP contribution in [-0.4, -0.2) is 18.4 Å². The quantitative estimate of drug-likeness (QED) is 0.419. The summed E-state index contributed by atoms with van der Waals surface area (Å²) < 4.78 is 5.74. The predicted octanol–water partition coefficient (Wildman–Crippen LogP) is 4.88. The van der Waals surface area contributed by atoms with Crippen molar-refractivity contribution in [2.45, 2.75) is 32.6 Å². The highest BCUT2D eigenvalue weighted by Gasteiger charge is 2.28. The molecule has 7 heteroatoms. The van der Waals surface area contributed by atoms with Gasteiger partial charge in [0.25, 0.3) is 11.8 Å². The normalized spacial score (nSPS) is 12.5. The predicted molar refractivity (Wildman–Crippen MR) is 134 cm³/mol. The molecule has 0 radical (unpaired) electrons. The fraction of sp³-hybridized carbons (Fsp3) is 0.222. The van der Waals surface area contributed by atoms with Gasteiger partial charge in [-0.25, -0.2) is 0 Å². The molecule has 34 heavy (non-hydrogen) atoms. The van der Waals surface area contributed by atoms with E-state index in [1.54, 1.807) is 12.1 Å². The van der Waals surface area contributed by atoms with Gasteiger partial charge < -0.3 is 15.1 Å². The molecule has 5 rings (SSSR count). The van der Waals surface area contributed by atoms with Crippen LogP contribution in [0.1, 0.15) is 48.9 Å². The van der Waals surface area contributed by atoms with Crippen LogP contribution >= 0.6 is 11.3 Å². The van der Waals surface area contributed by atoms with E-state index in [0.29, 0.717) is 28.1 Å². The molecule has 2 heterocycles. The number of hydrogen-bond acceptors (Lipinski definition) is 5. The van der Waals surface area contributed by atoms with E-state index in [2.05, 4.69) is 10.6 Å². The Morgan fingerprint density at radius 3 is 2.68 bits per heavy atom. The minimum absolute atomic E-state index is 0.0768. The number of thiophene rings is 1. The number of carbonyl (C=O) groups excluding carboxylic acids is 2. The minimum atomic E-state index is -0.543. The number of carbonyl (C=O) groups is 2. The molecule has 0 aliphatic heterocycles. The topological polar surface area (TPSA) is 88.4 Å². The van der Waals surface area contributed by atoms with Crippen molar-refractivity contribution in [3.8, 4) is 0 Å². The highest BCUT2D eigenvalue weighted by Crippen LogP contribution is 2.39. The number of benzene rings is 2. The Kier molecular flexibility index (Phi) is 6.02. The number of anilines is 1. The standard InChI is InChI=1S/C27H24N2O4S/c1-16-10-11-18-20(30)15-22(33-21(18)14-16)25(31)29-27-24(19-8-5-9-23(19)34-27)26(32)28-13-12-17-6-3-2-4-7-17/h2-4,6-7,10-11,14-15H,5,8-9,12-13H2,1H3,(H,28,32)(H,29,31). The summed E-state index contributed by atoms with van der Waals surface area (Å²) in [6.07, 6.45) is 3.43. The number of fused-ring (bicyclic) bond motifs is 2. The fourth-order valence-electron chi connectivity index (χ4n) is 4.32. The molecular weight excluding hydrogens is 448 g/mol. The van der Waals surface area contributed by atoms with Crippen LogP contribution in [0.25, 0.3) is 11.0 Å². The van der Waals surface area contributed by atoms with Crippen molar-refractivity contribution in [3.05, 3.63) is 97.7 Å². The molecule has 0 atom stereocenters. The van der Waals surface area contributed by atoms with E-state index < -0.39 is 5.91 Å². The van der Waals surface area contributed by atoms with Crippen LogP contribution in [-0.2, 0) is 19.3 Å². The largest absolute Gasteiger partial charge is 0.451 e. The number of aryl methyl sites for hydroxylation is 2. The van der Waals surface area contributed by atoms with Crippen LogP contribution in [0, 0.1) is 6.92 Å². The summed E-state index contributed by atoms with van der Waals surface area (Å²) in [6.45, 7) is 2.39.